The van der Waals surface area contributed by atoms with E-state index in [0.29, 0.717) is 24.9 Å². The van der Waals surface area contributed by atoms with Gasteiger partial charge in [-0.05, 0) is 63.4 Å². The minimum Gasteiger partial charge on any atom is -0.379 e. The van der Waals surface area contributed by atoms with Crippen LogP contribution in [0.2, 0.25) is 0 Å². The van der Waals surface area contributed by atoms with Crippen LogP contribution in [0.25, 0.3) is 0 Å². The second-order valence-corrected chi connectivity index (χ2v) is 8.03. The van der Waals surface area contributed by atoms with Gasteiger partial charge in [0, 0.05) is 44.5 Å². The van der Waals surface area contributed by atoms with Crippen molar-refractivity contribution in [3.63, 3.8) is 0 Å². The molecule has 2 aliphatic heterocycles. The quantitative estimate of drug-likeness (QED) is 0.792. The second-order valence-electron chi connectivity index (χ2n) is 8.03. The van der Waals surface area contributed by atoms with Gasteiger partial charge in [0.25, 0.3) is 0 Å². The highest BCUT2D eigenvalue weighted by Gasteiger charge is 2.25. The number of carbonyl (C=O) groups is 1. The first-order chi connectivity index (χ1) is 13.1. The van der Waals surface area contributed by atoms with Crippen molar-refractivity contribution in [3.8, 4) is 0 Å². The third-order valence-corrected chi connectivity index (χ3v) is 5.92. The first kappa shape index (κ1) is 20.2. The van der Waals surface area contributed by atoms with Crippen LogP contribution in [0.5, 0.6) is 0 Å². The Morgan fingerprint density at radius 1 is 1.15 bits per heavy atom. The number of piperidine rings is 1. The number of nitrogens with one attached hydrogen (secondary N) is 1. The normalized spacial score (nSPS) is 21.3. The van der Waals surface area contributed by atoms with Crippen molar-refractivity contribution in [1.82, 2.24) is 20.1 Å². The van der Waals surface area contributed by atoms with Crippen molar-refractivity contribution < 1.29 is 9.53 Å². The van der Waals surface area contributed by atoms with E-state index in [4.69, 9.17) is 4.74 Å². The summed E-state index contributed by atoms with van der Waals surface area (Å²) >= 11 is 0. The van der Waals surface area contributed by atoms with E-state index in [1.807, 2.05) is 24.5 Å². The molecule has 3 rings (SSSR count). The Bertz CT molecular complexity index is 567. The zero-order valence-electron chi connectivity index (χ0n) is 16.8. The Morgan fingerprint density at radius 2 is 1.81 bits per heavy atom. The summed E-state index contributed by atoms with van der Waals surface area (Å²) in [5.41, 5.74) is 1.21. The average Bonchev–Trinajstić information content (AvgIpc) is 2.70. The molecule has 0 radical (unpaired) electrons. The molecule has 2 saturated heterocycles. The van der Waals surface area contributed by atoms with Gasteiger partial charge in [-0.15, -0.1) is 0 Å². The van der Waals surface area contributed by atoms with E-state index in [9.17, 15) is 4.79 Å². The van der Waals surface area contributed by atoms with Crippen LogP contribution in [0.1, 0.15) is 44.7 Å². The smallest absolute Gasteiger partial charge is 0.220 e. The number of hydrogen-bond acceptors (Lipinski definition) is 5. The van der Waals surface area contributed by atoms with Gasteiger partial charge in [-0.1, -0.05) is 0 Å². The van der Waals surface area contributed by atoms with Gasteiger partial charge in [0.1, 0.15) is 0 Å². The van der Waals surface area contributed by atoms with E-state index in [2.05, 4.69) is 33.9 Å². The standard InChI is InChI=1S/C21H34N4O2/c1-17(2)24-9-5-18(6-10-24)15-21(26)23-16-20(19-3-7-22-8-4-19)25-11-13-27-14-12-25/h3-4,7-8,17-18,20H,5-6,9-16H2,1-2H3,(H,23,26). The molecule has 0 aliphatic carbocycles. The molecule has 0 bridgehead atoms. The number of amides is 1. The fraction of sp³-hybridized carbons (Fsp3) is 0.714. The van der Waals surface area contributed by atoms with Crippen molar-refractivity contribution in [3.05, 3.63) is 30.1 Å². The highest BCUT2D eigenvalue weighted by Crippen LogP contribution is 2.23. The number of morpholine rings is 1. The number of likely N-dealkylation sites (tertiary alicyclic amines) is 1. The third kappa shape index (κ3) is 5.99. The summed E-state index contributed by atoms with van der Waals surface area (Å²) in [7, 11) is 0. The monoisotopic (exact) mass is 374 g/mol. The molecule has 0 aromatic carbocycles. The van der Waals surface area contributed by atoms with E-state index in [-0.39, 0.29) is 11.9 Å². The maximum atomic E-state index is 12.6. The Balaban J connectivity index is 1.50. The molecular weight excluding hydrogens is 340 g/mol. The lowest BCUT2D eigenvalue weighted by molar-refractivity contribution is -0.122. The maximum Gasteiger partial charge on any atom is 0.220 e. The average molecular weight is 375 g/mol. The number of pyridine rings is 1. The molecule has 1 unspecified atom stereocenters. The van der Waals surface area contributed by atoms with Gasteiger partial charge in [-0.3, -0.25) is 14.7 Å². The van der Waals surface area contributed by atoms with Gasteiger partial charge in [-0.2, -0.15) is 0 Å². The molecule has 3 heterocycles. The highest BCUT2D eigenvalue weighted by molar-refractivity contribution is 5.76. The lowest BCUT2D eigenvalue weighted by Gasteiger charge is -2.35. The molecule has 2 aliphatic rings. The SMILES string of the molecule is CC(C)N1CCC(CC(=O)NCC(c2ccncc2)N2CCOCC2)CC1. The van der Waals surface area contributed by atoms with Gasteiger partial charge in [0.2, 0.25) is 5.91 Å². The lowest BCUT2D eigenvalue weighted by atomic mass is 9.92. The molecule has 27 heavy (non-hydrogen) atoms. The molecule has 1 atom stereocenters. The summed E-state index contributed by atoms with van der Waals surface area (Å²) in [6.07, 6.45) is 6.56. The number of hydrogen-bond donors (Lipinski definition) is 1. The lowest BCUT2D eigenvalue weighted by Crippen LogP contribution is -2.44. The third-order valence-electron chi connectivity index (χ3n) is 5.92. The van der Waals surface area contributed by atoms with Crippen LogP contribution in [-0.2, 0) is 9.53 Å². The number of nitrogens with zero attached hydrogens (tertiary/aromatic N) is 3. The second kappa shape index (κ2) is 10.2. The summed E-state index contributed by atoms with van der Waals surface area (Å²) in [6.45, 7) is 10.7. The Hall–Kier alpha value is -1.50. The zero-order chi connectivity index (χ0) is 19.1. The molecular formula is C21H34N4O2. The number of carbonyl (C=O) groups excluding carboxylic acids is 1. The predicted molar refractivity (Wildman–Crippen MR) is 106 cm³/mol. The largest absolute Gasteiger partial charge is 0.379 e. The van der Waals surface area contributed by atoms with E-state index < -0.39 is 0 Å². The van der Waals surface area contributed by atoms with Crippen molar-refractivity contribution in [2.24, 2.45) is 5.92 Å². The fourth-order valence-corrected chi connectivity index (χ4v) is 4.15. The molecule has 0 saturated carbocycles. The summed E-state index contributed by atoms with van der Waals surface area (Å²) < 4.78 is 5.49. The van der Waals surface area contributed by atoms with Gasteiger partial charge in [-0.25, -0.2) is 0 Å². The molecule has 6 nitrogen and oxygen atoms in total. The first-order valence-electron chi connectivity index (χ1n) is 10.4. The maximum absolute atomic E-state index is 12.6. The van der Waals surface area contributed by atoms with Crippen molar-refractivity contribution >= 4 is 5.91 Å². The van der Waals surface area contributed by atoms with E-state index in [1.54, 1.807) is 0 Å². The number of aromatic nitrogens is 1. The molecule has 0 spiro atoms. The van der Waals surface area contributed by atoms with Crippen LogP contribution >= 0.6 is 0 Å². The highest BCUT2D eigenvalue weighted by atomic mass is 16.5. The van der Waals surface area contributed by atoms with Crippen LogP contribution in [0.4, 0.5) is 0 Å². The number of ether oxygens (including phenoxy) is 1. The Labute approximate surface area is 163 Å². The van der Waals surface area contributed by atoms with Crippen molar-refractivity contribution in [1.29, 1.82) is 0 Å². The molecule has 1 aromatic rings. The predicted octanol–water partition coefficient (Wildman–Crippen LogP) is 2.08. The Kier molecular flexibility index (Phi) is 7.61. The topological polar surface area (TPSA) is 57.7 Å². The fourth-order valence-electron chi connectivity index (χ4n) is 4.15. The van der Waals surface area contributed by atoms with Gasteiger partial charge in [0.05, 0.1) is 19.3 Å². The van der Waals surface area contributed by atoms with Crippen LogP contribution in [0.15, 0.2) is 24.5 Å². The zero-order valence-corrected chi connectivity index (χ0v) is 16.8. The van der Waals surface area contributed by atoms with E-state index >= 15 is 0 Å². The first-order valence-corrected chi connectivity index (χ1v) is 10.4. The molecule has 2 fully saturated rings. The van der Waals surface area contributed by atoms with E-state index in [0.717, 1.165) is 52.2 Å². The van der Waals surface area contributed by atoms with Crippen LogP contribution in [0, 0.1) is 5.92 Å². The van der Waals surface area contributed by atoms with Crippen LogP contribution < -0.4 is 5.32 Å². The molecule has 1 N–H and O–H groups in total. The summed E-state index contributed by atoms with van der Waals surface area (Å²) in [4.78, 5) is 21.6. The van der Waals surface area contributed by atoms with Crippen molar-refractivity contribution in [2.45, 2.75) is 45.2 Å². The summed E-state index contributed by atoms with van der Waals surface area (Å²) in [6, 6.07) is 4.89. The van der Waals surface area contributed by atoms with Crippen LogP contribution in [-0.4, -0.2) is 72.7 Å². The van der Waals surface area contributed by atoms with Gasteiger partial charge in [0.15, 0.2) is 0 Å². The molecule has 150 valence electrons. The minimum absolute atomic E-state index is 0.184. The molecule has 1 amide bonds. The molecule has 6 heteroatoms. The summed E-state index contributed by atoms with van der Waals surface area (Å²) in [5, 5.41) is 3.20. The van der Waals surface area contributed by atoms with Crippen LogP contribution in [0.3, 0.4) is 0 Å². The van der Waals surface area contributed by atoms with Crippen molar-refractivity contribution in [2.75, 3.05) is 45.9 Å². The Morgan fingerprint density at radius 3 is 2.44 bits per heavy atom. The van der Waals surface area contributed by atoms with Gasteiger partial charge >= 0.3 is 0 Å². The van der Waals surface area contributed by atoms with E-state index in [1.165, 1.54) is 5.56 Å². The van der Waals surface area contributed by atoms with Gasteiger partial charge < -0.3 is 15.0 Å². The number of rotatable bonds is 7. The summed E-state index contributed by atoms with van der Waals surface area (Å²) in [5.74, 6) is 0.702. The minimum atomic E-state index is 0.184. The molecule has 1 aromatic heterocycles.